The Morgan fingerprint density at radius 2 is 2.12 bits per heavy atom. The first-order valence-corrected chi connectivity index (χ1v) is 8.99. The summed E-state index contributed by atoms with van der Waals surface area (Å²) in [5.74, 6) is 1.24. The van der Waals surface area contributed by atoms with E-state index in [0.29, 0.717) is 36.1 Å². The van der Waals surface area contributed by atoms with Crippen LogP contribution in [0.2, 0.25) is 0 Å². The van der Waals surface area contributed by atoms with Crippen molar-refractivity contribution < 1.29 is 19.0 Å². The van der Waals surface area contributed by atoms with Crippen molar-refractivity contribution >= 4 is 0 Å². The molecule has 1 unspecified atom stereocenters. The largest absolute Gasteiger partial charge is 0.454 e. The second kappa shape index (κ2) is 6.85. The summed E-state index contributed by atoms with van der Waals surface area (Å²) in [7, 11) is 0. The first kappa shape index (κ1) is 17.2. The number of halogens is 1. The van der Waals surface area contributed by atoms with Crippen LogP contribution in [0.15, 0.2) is 30.6 Å². The molecule has 1 aromatic carbocycles. The zero-order valence-electron chi connectivity index (χ0n) is 14.8. The summed E-state index contributed by atoms with van der Waals surface area (Å²) in [6, 6.07) is 5.31. The number of fused-ring (bicyclic) bond motifs is 1. The van der Waals surface area contributed by atoms with Gasteiger partial charge in [-0.15, -0.1) is 0 Å². The Morgan fingerprint density at radius 3 is 2.85 bits per heavy atom. The van der Waals surface area contributed by atoms with E-state index in [0.717, 1.165) is 24.0 Å². The lowest BCUT2D eigenvalue weighted by Gasteiger charge is -2.39. The summed E-state index contributed by atoms with van der Waals surface area (Å²) in [5.41, 5.74) is 1.70. The second-order valence-electron chi connectivity index (χ2n) is 7.36. The van der Waals surface area contributed by atoms with Crippen LogP contribution < -0.4 is 14.8 Å². The number of rotatable bonds is 6. The van der Waals surface area contributed by atoms with Gasteiger partial charge in [-0.3, -0.25) is 4.98 Å². The maximum atomic E-state index is 13.6. The van der Waals surface area contributed by atoms with Crippen LogP contribution in [-0.2, 0) is 6.54 Å². The fraction of sp³-hybridized carbons (Fsp3) is 0.450. The molecule has 138 valence electrons. The number of hydrogen-bond donors (Lipinski definition) is 2. The van der Waals surface area contributed by atoms with Crippen molar-refractivity contribution in [3.63, 3.8) is 0 Å². The third-order valence-corrected chi connectivity index (χ3v) is 5.34. The van der Waals surface area contributed by atoms with Crippen LogP contribution in [0.4, 0.5) is 4.39 Å². The van der Waals surface area contributed by atoms with Crippen LogP contribution in [0, 0.1) is 11.7 Å². The average molecular weight is 358 g/mol. The minimum absolute atomic E-state index is 0.151. The molecule has 0 spiro atoms. The molecule has 6 heteroatoms. The molecule has 4 rings (SSSR count). The fourth-order valence-corrected chi connectivity index (χ4v) is 3.58. The van der Waals surface area contributed by atoms with Gasteiger partial charge in [0.25, 0.3) is 0 Å². The van der Waals surface area contributed by atoms with Gasteiger partial charge < -0.3 is 19.9 Å². The number of aromatic nitrogens is 1. The summed E-state index contributed by atoms with van der Waals surface area (Å²) < 4.78 is 24.7. The Hall–Kier alpha value is -2.18. The smallest absolute Gasteiger partial charge is 0.231 e. The molecular weight excluding hydrogens is 335 g/mol. The van der Waals surface area contributed by atoms with Crippen molar-refractivity contribution in [2.45, 2.75) is 38.3 Å². The first-order valence-electron chi connectivity index (χ1n) is 8.99. The van der Waals surface area contributed by atoms with Crippen molar-refractivity contribution in [2.75, 3.05) is 13.3 Å². The van der Waals surface area contributed by atoms with E-state index in [-0.39, 0.29) is 6.79 Å². The minimum Gasteiger partial charge on any atom is -0.454 e. The maximum Gasteiger partial charge on any atom is 0.231 e. The van der Waals surface area contributed by atoms with Crippen molar-refractivity contribution in [1.82, 2.24) is 10.3 Å². The van der Waals surface area contributed by atoms with E-state index in [1.54, 1.807) is 6.20 Å². The van der Waals surface area contributed by atoms with Gasteiger partial charge in [-0.1, -0.05) is 6.42 Å². The molecule has 2 heterocycles. The summed E-state index contributed by atoms with van der Waals surface area (Å²) in [6.45, 7) is 3.16. The van der Waals surface area contributed by atoms with Crippen LogP contribution >= 0.6 is 0 Å². The highest BCUT2D eigenvalue weighted by Gasteiger charge is 2.35. The normalized spacial score (nSPS) is 18.4. The van der Waals surface area contributed by atoms with Gasteiger partial charge in [0.2, 0.25) is 6.79 Å². The molecule has 5 nitrogen and oxygen atoms in total. The van der Waals surface area contributed by atoms with Crippen LogP contribution in [0.5, 0.6) is 11.5 Å². The molecule has 1 aliphatic carbocycles. The molecule has 0 bridgehead atoms. The molecule has 2 aromatic rings. The molecule has 0 amide bonds. The predicted molar refractivity (Wildman–Crippen MR) is 95.4 cm³/mol. The Balaban J connectivity index is 1.53. The summed E-state index contributed by atoms with van der Waals surface area (Å²) in [5, 5.41) is 13.9. The third-order valence-electron chi connectivity index (χ3n) is 5.34. The standard InChI is InChI=1S/C20H23FN2O3/c1-20(24,15-3-2-4-15)11-23-8-13-5-17(14-7-16(21)10-22-9-14)19-18(6-13)25-12-26-19/h5-7,9-10,15,23-24H,2-4,8,11-12H2,1H3. The van der Waals surface area contributed by atoms with Gasteiger partial charge in [0.05, 0.1) is 11.8 Å². The fourth-order valence-electron chi connectivity index (χ4n) is 3.58. The van der Waals surface area contributed by atoms with Gasteiger partial charge in [-0.05, 0) is 49.4 Å². The lowest BCUT2D eigenvalue weighted by atomic mass is 9.74. The molecule has 2 aliphatic rings. The van der Waals surface area contributed by atoms with Gasteiger partial charge in [0.1, 0.15) is 5.82 Å². The summed E-state index contributed by atoms with van der Waals surface area (Å²) >= 11 is 0. The Bertz CT molecular complexity index is 806. The van der Waals surface area contributed by atoms with E-state index in [2.05, 4.69) is 10.3 Å². The van der Waals surface area contributed by atoms with Gasteiger partial charge in [-0.2, -0.15) is 0 Å². The molecule has 1 saturated carbocycles. The number of hydrogen-bond acceptors (Lipinski definition) is 5. The Labute approximate surface area is 152 Å². The number of nitrogens with zero attached hydrogens (tertiary/aromatic N) is 1. The molecule has 1 aromatic heterocycles. The van der Waals surface area contributed by atoms with Crippen LogP contribution in [0.1, 0.15) is 31.7 Å². The highest BCUT2D eigenvalue weighted by molar-refractivity contribution is 5.74. The van der Waals surface area contributed by atoms with Gasteiger partial charge in [-0.25, -0.2) is 4.39 Å². The lowest BCUT2D eigenvalue weighted by molar-refractivity contribution is -0.0332. The SMILES string of the molecule is CC(O)(CNCc1cc2c(c(-c3cncc(F)c3)c1)OCO2)C1CCC1. The highest BCUT2D eigenvalue weighted by Crippen LogP contribution is 2.42. The lowest BCUT2D eigenvalue weighted by Crippen LogP contribution is -2.46. The van der Waals surface area contributed by atoms with E-state index >= 15 is 0 Å². The molecular formula is C20H23FN2O3. The monoisotopic (exact) mass is 358 g/mol. The zero-order chi connectivity index (χ0) is 18.1. The predicted octanol–water partition coefficient (Wildman–Crippen LogP) is 3.26. The number of aliphatic hydroxyl groups is 1. The van der Waals surface area contributed by atoms with Crippen molar-refractivity contribution in [2.24, 2.45) is 5.92 Å². The Kier molecular flexibility index (Phi) is 4.54. The molecule has 0 radical (unpaired) electrons. The average Bonchev–Trinajstić information content (AvgIpc) is 3.00. The molecule has 1 fully saturated rings. The van der Waals surface area contributed by atoms with Crippen molar-refractivity contribution in [1.29, 1.82) is 0 Å². The van der Waals surface area contributed by atoms with Crippen molar-refractivity contribution in [3.05, 3.63) is 42.0 Å². The topological polar surface area (TPSA) is 63.6 Å². The first-order chi connectivity index (χ1) is 12.5. The van der Waals surface area contributed by atoms with Crippen LogP contribution in [0.25, 0.3) is 11.1 Å². The third kappa shape index (κ3) is 3.39. The molecule has 0 saturated heterocycles. The number of pyridine rings is 1. The molecule has 2 N–H and O–H groups in total. The number of benzene rings is 1. The number of nitrogens with one attached hydrogen (secondary N) is 1. The van der Waals surface area contributed by atoms with E-state index in [1.165, 1.54) is 18.7 Å². The van der Waals surface area contributed by atoms with Crippen LogP contribution in [-0.4, -0.2) is 29.0 Å². The van der Waals surface area contributed by atoms with Crippen molar-refractivity contribution in [3.8, 4) is 22.6 Å². The summed E-state index contributed by atoms with van der Waals surface area (Å²) in [6.07, 6.45) is 6.17. The molecule has 26 heavy (non-hydrogen) atoms. The second-order valence-corrected chi connectivity index (χ2v) is 7.36. The van der Waals surface area contributed by atoms with E-state index in [1.807, 2.05) is 19.1 Å². The molecule has 1 aliphatic heterocycles. The van der Waals surface area contributed by atoms with E-state index < -0.39 is 11.4 Å². The maximum absolute atomic E-state index is 13.6. The zero-order valence-corrected chi connectivity index (χ0v) is 14.8. The minimum atomic E-state index is -0.691. The van der Waals surface area contributed by atoms with E-state index in [9.17, 15) is 9.50 Å². The highest BCUT2D eigenvalue weighted by atomic mass is 19.1. The Morgan fingerprint density at radius 1 is 1.27 bits per heavy atom. The van der Waals surface area contributed by atoms with Gasteiger partial charge in [0, 0.05) is 30.4 Å². The van der Waals surface area contributed by atoms with E-state index in [4.69, 9.17) is 9.47 Å². The van der Waals surface area contributed by atoms with Gasteiger partial charge in [0.15, 0.2) is 11.5 Å². The molecule has 1 atom stereocenters. The quantitative estimate of drug-likeness (QED) is 0.830. The van der Waals surface area contributed by atoms with Gasteiger partial charge >= 0.3 is 0 Å². The van der Waals surface area contributed by atoms with Crippen LogP contribution in [0.3, 0.4) is 0 Å². The summed E-state index contributed by atoms with van der Waals surface area (Å²) in [4.78, 5) is 3.93. The number of ether oxygens (including phenoxy) is 2.